The first kappa shape index (κ1) is 19.4. The Morgan fingerprint density at radius 1 is 1.19 bits per heavy atom. The molecule has 1 atom stereocenters. The van der Waals surface area contributed by atoms with Gasteiger partial charge in [-0.3, -0.25) is 10.1 Å². The number of non-ortho nitro benzene ring substituents is 1. The predicted octanol–water partition coefficient (Wildman–Crippen LogP) is 2.96. The van der Waals surface area contributed by atoms with E-state index in [0.717, 1.165) is 17.9 Å². The number of hydrogen-bond acceptors (Lipinski definition) is 7. The van der Waals surface area contributed by atoms with E-state index in [1.807, 2.05) is 6.92 Å². The highest BCUT2D eigenvalue weighted by Gasteiger charge is 2.19. The Balaban J connectivity index is 2.32. The lowest BCUT2D eigenvalue weighted by atomic mass is 10.1. The molecule has 9 heteroatoms. The molecule has 2 aromatic carbocycles. The highest BCUT2D eigenvalue weighted by atomic mass is 32.2. The third kappa shape index (κ3) is 4.37. The van der Waals surface area contributed by atoms with Crippen LogP contribution in [0.2, 0.25) is 0 Å². The topological polar surface area (TPSA) is 116 Å². The van der Waals surface area contributed by atoms with E-state index in [-0.39, 0.29) is 22.2 Å². The lowest BCUT2D eigenvalue weighted by molar-refractivity contribution is -0.384. The van der Waals surface area contributed by atoms with Gasteiger partial charge in [-0.2, -0.15) is 0 Å². The van der Waals surface area contributed by atoms with Crippen molar-refractivity contribution in [1.29, 1.82) is 0 Å². The largest absolute Gasteiger partial charge is 0.465 e. The van der Waals surface area contributed by atoms with Crippen LogP contribution in [0.5, 0.6) is 0 Å². The fraction of sp³-hybridized carbons (Fsp3) is 0.235. The second-order valence-electron chi connectivity index (χ2n) is 5.69. The summed E-state index contributed by atoms with van der Waals surface area (Å²) in [5, 5.41) is 14.0. The van der Waals surface area contributed by atoms with Gasteiger partial charge in [0.2, 0.25) is 0 Å². The third-order valence-electron chi connectivity index (χ3n) is 3.80. The first-order valence-electron chi connectivity index (χ1n) is 7.57. The summed E-state index contributed by atoms with van der Waals surface area (Å²) in [5.74, 6) is -0.698. The van der Waals surface area contributed by atoms with Crippen LogP contribution in [0.3, 0.4) is 0 Å². The van der Waals surface area contributed by atoms with E-state index in [2.05, 4.69) is 10.1 Å². The summed E-state index contributed by atoms with van der Waals surface area (Å²) in [6, 6.07) is 9.91. The van der Waals surface area contributed by atoms with Gasteiger partial charge >= 0.3 is 5.97 Å². The van der Waals surface area contributed by atoms with Crippen molar-refractivity contribution >= 4 is 27.2 Å². The van der Waals surface area contributed by atoms with E-state index in [4.69, 9.17) is 0 Å². The van der Waals surface area contributed by atoms with E-state index in [1.54, 1.807) is 12.1 Å². The molecule has 0 aliphatic rings. The van der Waals surface area contributed by atoms with Crippen LogP contribution in [-0.2, 0) is 14.6 Å². The number of sulfone groups is 1. The summed E-state index contributed by atoms with van der Waals surface area (Å²) in [5.41, 5.74) is 0.983. The standard InChI is InChI=1S/C17H18N2O6S/c1-11(12-4-7-14(8-5-12)26(3,23)24)18-16-9-6-13(19(21)22)10-15(16)17(20)25-2/h4-11,18H,1-3H3. The number of rotatable bonds is 6. The molecule has 0 aliphatic heterocycles. The third-order valence-corrected chi connectivity index (χ3v) is 4.93. The van der Waals surface area contributed by atoms with Gasteiger partial charge in [0.1, 0.15) is 0 Å². The van der Waals surface area contributed by atoms with Crippen molar-refractivity contribution in [2.45, 2.75) is 17.9 Å². The zero-order valence-electron chi connectivity index (χ0n) is 14.4. The monoisotopic (exact) mass is 378 g/mol. The molecule has 138 valence electrons. The molecular weight excluding hydrogens is 360 g/mol. The Hall–Kier alpha value is -2.94. The van der Waals surface area contributed by atoms with Crippen molar-refractivity contribution in [1.82, 2.24) is 0 Å². The lowest BCUT2D eigenvalue weighted by Gasteiger charge is -2.18. The molecule has 0 bridgehead atoms. The molecule has 0 saturated carbocycles. The zero-order chi connectivity index (χ0) is 19.5. The van der Waals surface area contributed by atoms with Gasteiger partial charge in [0.05, 0.1) is 22.5 Å². The maximum Gasteiger partial charge on any atom is 0.340 e. The van der Waals surface area contributed by atoms with E-state index in [0.29, 0.717) is 5.69 Å². The summed E-state index contributed by atoms with van der Waals surface area (Å²) in [7, 11) is -2.09. The molecule has 2 rings (SSSR count). The molecular formula is C17H18N2O6S. The maximum absolute atomic E-state index is 11.9. The molecule has 0 saturated heterocycles. The molecule has 0 aromatic heterocycles. The molecule has 1 unspecified atom stereocenters. The molecule has 0 spiro atoms. The number of nitrogens with zero attached hydrogens (tertiary/aromatic N) is 1. The van der Waals surface area contributed by atoms with Crippen molar-refractivity contribution in [2.75, 3.05) is 18.7 Å². The number of anilines is 1. The minimum absolute atomic E-state index is 0.0429. The molecule has 1 N–H and O–H groups in total. The quantitative estimate of drug-likeness (QED) is 0.467. The number of carbonyl (C=O) groups is 1. The van der Waals surface area contributed by atoms with E-state index >= 15 is 0 Å². The Kier molecular flexibility index (Phi) is 5.61. The van der Waals surface area contributed by atoms with Crippen LogP contribution in [0.25, 0.3) is 0 Å². The SMILES string of the molecule is COC(=O)c1cc([N+](=O)[O-])ccc1NC(C)c1ccc(S(C)(=O)=O)cc1. The fourth-order valence-corrected chi connectivity index (χ4v) is 3.00. The van der Waals surface area contributed by atoms with Gasteiger partial charge < -0.3 is 10.1 Å². The smallest absolute Gasteiger partial charge is 0.340 e. The van der Waals surface area contributed by atoms with Gasteiger partial charge in [-0.1, -0.05) is 12.1 Å². The first-order valence-corrected chi connectivity index (χ1v) is 9.46. The van der Waals surface area contributed by atoms with Crippen molar-refractivity contribution in [3.05, 3.63) is 63.7 Å². The van der Waals surface area contributed by atoms with Crippen molar-refractivity contribution in [2.24, 2.45) is 0 Å². The molecule has 0 radical (unpaired) electrons. The predicted molar refractivity (Wildman–Crippen MR) is 96.0 cm³/mol. The van der Waals surface area contributed by atoms with Crippen molar-refractivity contribution < 1.29 is 22.9 Å². The van der Waals surface area contributed by atoms with Crippen LogP contribution in [0, 0.1) is 10.1 Å². The second-order valence-corrected chi connectivity index (χ2v) is 7.70. The Labute approximate surface area is 150 Å². The highest BCUT2D eigenvalue weighted by Crippen LogP contribution is 2.27. The van der Waals surface area contributed by atoms with Crippen LogP contribution in [-0.4, -0.2) is 32.7 Å². The minimum atomic E-state index is -3.28. The maximum atomic E-state index is 11.9. The molecule has 8 nitrogen and oxygen atoms in total. The van der Waals surface area contributed by atoms with Crippen LogP contribution < -0.4 is 5.32 Å². The van der Waals surface area contributed by atoms with Gasteiger partial charge in [0.15, 0.2) is 9.84 Å². The Morgan fingerprint density at radius 3 is 2.31 bits per heavy atom. The zero-order valence-corrected chi connectivity index (χ0v) is 15.2. The first-order chi connectivity index (χ1) is 12.1. The normalized spacial score (nSPS) is 12.3. The number of nitrogens with one attached hydrogen (secondary N) is 1. The second kappa shape index (κ2) is 7.52. The Morgan fingerprint density at radius 2 is 1.81 bits per heavy atom. The minimum Gasteiger partial charge on any atom is -0.465 e. The van der Waals surface area contributed by atoms with E-state index < -0.39 is 20.7 Å². The fourth-order valence-electron chi connectivity index (χ4n) is 2.37. The van der Waals surface area contributed by atoms with E-state index in [9.17, 15) is 23.3 Å². The Bertz CT molecular complexity index is 938. The number of carbonyl (C=O) groups excluding carboxylic acids is 1. The number of nitro benzene ring substituents is 1. The lowest BCUT2D eigenvalue weighted by Crippen LogP contribution is -2.12. The average molecular weight is 378 g/mol. The van der Waals surface area contributed by atoms with Crippen LogP contribution in [0.4, 0.5) is 11.4 Å². The van der Waals surface area contributed by atoms with E-state index in [1.165, 1.54) is 31.4 Å². The summed E-state index contributed by atoms with van der Waals surface area (Å²) in [4.78, 5) is 22.5. The summed E-state index contributed by atoms with van der Waals surface area (Å²) < 4.78 is 27.7. The number of esters is 1. The number of nitro groups is 1. The average Bonchev–Trinajstić information content (AvgIpc) is 2.60. The summed E-state index contributed by atoms with van der Waals surface area (Å²) in [6.45, 7) is 1.82. The number of benzene rings is 2. The van der Waals surface area contributed by atoms with Crippen molar-refractivity contribution in [3.63, 3.8) is 0 Å². The van der Waals surface area contributed by atoms with Gasteiger partial charge in [0.25, 0.3) is 5.69 Å². The van der Waals surface area contributed by atoms with Gasteiger partial charge in [-0.15, -0.1) is 0 Å². The highest BCUT2D eigenvalue weighted by molar-refractivity contribution is 7.90. The molecule has 0 amide bonds. The van der Waals surface area contributed by atoms with Gasteiger partial charge in [0, 0.05) is 30.1 Å². The summed E-state index contributed by atoms with van der Waals surface area (Å²) in [6.07, 6.45) is 1.13. The molecule has 2 aromatic rings. The number of hydrogen-bond donors (Lipinski definition) is 1. The number of methoxy groups -OCH3 is 1. The van der Waals surface area contributed by atoms with Gasteiger partial charge in [-0.05, 0) is 30.7 Å². The van der Waals surface area contributed by atoms with Crippen LogP contribution >= 0.6 is 0 Å². The molecule has 0 heterocycles. The summed E-state index contributed by atoms with van der Waals surface area (Å²) >= 11 is 0. The molecule has 26 heavy (non-hydrogen) atoms. The molecule has 0 fully saturated rings. The van der Waals surface area contributed by atoms with Crippen LogP contribution in [0.1, 0.15) is 28.9 Å². The molecule has 0 aliphatic carbocycles. The van der Waals surface area contributed by atoms with Crippen molar-refractivity contribution in [3.8, 4) is 0 Å². The van der Waals surface area contributed by atoms with Gasteiger partial charge in [-0.25, -0.2) is 13.2 Å². The van der Waals surface area contributed by atoms with Crippen LogP contribution in [0.15, 0.2) is 47.4 Å². The number of ether oxygens (including phenoxy) is 1.